The van der Waals surface area contributed by atoms with Gasteiger partial charge in [-0.15, -0.1) is 0 Å². The molecule has 1 N–H and O–H groups in total. The maximum absolute atomic E-state index is 12.8. The minimum atomic E-state index is -0.872. The number of ether oxygens (including phenoxy) is 2. The third-order valence-corrected chi connectivity index (χ3v) is 6.21. The Morgan fingerprint density at radius 3 is 2.70 bits per heavy atom. The van der Waals surface area contributed by atoms with Crippen molar-refractivity contribution >= 4 is 34.8 Å². The van der Waals surface area contributed by atoms with Crippen LogP contribution in [0.5, 0.6) is 5.75 Å². The molecule has 172 valence electrons. The topological polar surface area (TPSA) is 94.8 Å². The summed E-state index contributed by atoms with van der Waals surface area (Å²) in [6.07, 6.45) is 4.10. The van der Waals surface area contributed by atoms with Crippen molar-refractivity contribution in [3.63, 3.8) is 0 Å². The highest BCUT2D eigenvalue weighted by molar-refractivity contribution is 7.98. The lowest BCUT2D eigenvalue weighted by Gasteiger charge is -2.17. The van der Waals surface area contributed by atoms with Gasteiger partial charge in [-0.25, -0.2) is 14.4 Å². The number of hydrogen-bond acceptors (Lipinski definition) is 7. The molecule has 8 heteroatoms. The third kappa shape index (κ3) is 5.57. The Bertz CT molecular complexity index is 1210. The van der Waals surface area contributed by atoms with E-state index >= 15 is 0 Å². The maximum atomic E-state index is 12.8. The van der Waals surface area contributed by atoms with Gasteiger partial charge in [0.2, 0.25) is 0 Å². The number of hydrogen-bond donors (Lipinski definition) is 1. The fourth-order valence-corrected chi connectivity index (χ4v) is 4.38. The zero-order valence-electron chi connectivity index (χ0n) is 18.3. The lowest BCUT2D eigenvalue weighted by atomic mass is 10.1. The summed E-state index contributed by atoms with van der Waals surface area (Å²) in [6, 6.07) is 13.4. The molecule has 4 rings (SSSR count). The number of aryl methyl sites for hydroxylation is 1. The summed E-state index contributed by atoms with van der Waals surface area (Å²) in [5.74, 6) is 0.294. The number of esters is 1. The maximum Gasteiger partial charge on any atom is 0.408 e. The van der Waals surface area contributed by atoms with Gasteiger partial charge < -0.3 is 19.2 Å². The monoisotopic (exact) mass is 467 g/mol. The molecule has 0 bridgehead atoms. The number of alkyl carbamates (subject to hydrolysis) is 1. The molecule has 0 radical (unpaired) electrons. The van der Waals surface area contributed by atoms with Crippen LogP contribution in [0.15, 0.2) is 57.7 Å². The Kier molecular flexibility index (Phi) is 7.34. The second-order valence-corrected chi connectivity index (χ2v) is 8.80. The number of benzene rings is 2. The highest BCUT2D eigenvalue weighted by Crippen LogP contribution is 2.29. The zero-order chi connectivity index (χ0) is 23.2. The summed E-state index contributed by atoms with van der Waals surface area (Å²) < 4.78 is 16.2. The molecule has 0 fully saturated rings. The van der Waals surface area contributed by atoms with Crippen molar-refractivity contribution in [2.24, 2.45) is 0 Å². The Morgan fingerprint density at radius 2 is 1.91 bits per heavy atom. The molecule has 3 aromatic rings. The van der Waals surface area contributed by atoms with E-state index < -0.39 is 18.1 Å². The predicted octanol–water partition coefficient (Wildman–Crippen LogP) is 4.24. The molecule has 1 heterocycles. The molecule has 7 nitrogen and oxygen atoms in total. The van der Waals surface area contributed by atoms with Gasteiger partial charge >= 0.3 is 17.7 Å². The number of rotatable bonds is 8. The number of thioether (sulfide) groups is 1. The second kappa shape index (κ2) is 10.6. The van der Waals surface area contributed by atoms with Gasteiger partial charge in [0.1, 0.15) is 24.0 Å². The van der Waals surface area contributed by atoms with Crippen LogP contribution >= 0.6 is 11.8 Å². The van der Waals surface area contributed by atoms with E-state index in [0.29, 0.717) is 17.8 Å². The van der Waals surface area contributed by atoms with E-state index in [1.54, 1.807) is 23.9 Å². The summed E-state index contributed by atoms with van der Waals surface area (Å²) >= 11 is 1.56. The minimum Gasteiger partial charge on any atom is -0.445 e. The molecule has 0 unspecified atom stereocenters. The van der Waals surface area contributed by atoms with Crippen LogP contribution in [-0.4, -0.2) is 30.1 Å². The molecule has 1 aliphatic rings. The highest BCUT2D eigenvalue weighted by Gasteiger charge is 2.24. The van der Waals surface area contributed by atoms with Gasteiger partial charge in [-0.3, -0.25) is 0 Å². The van der Waals surface area contributed by atoms with E-state index in [9.17, 15) is 14.4 Å². The zero-order valence-corrected chi connectivity index (χ0v) is 19.1. The van der Waals surface area contributed by atoms with Crippen molar-refractivity contribution in [2.75, 3.05) is 12.0 Å². The number of carbonyl (C=O) groups is 2. The number of fused-ring (bicyclic) bond motifs is 3. The average molecular weight is 468 g/mol. The van der Waals surface area contributed by atoms with Gasteiger partial charge in [-0.05, 0) is 61.0 Å². The van der Waals surface area contributed by atoms with Gasteiger partial charge in [-0.1, -0.05) is 30.3 Å². The van der Waals surface area contributed by atoms with Gasteiger partial charge in [0.05, 0.1) is 0 Å². The van der Waals surface area contributed by atoms with Crippen LogP contribution in [0.3, 0.4) is 0 Å². The molecule has 0 aliphatic heterocycles. The van der Waals surface area contributed by atoms with Crippen LogP contribution in [0.2, 0.25) is 0 Å². The third-order valence-electron chi connectivity index (χ3n) is 5.56. The lowest BCUT2D eigenvalue weighted by molar-refractivity contribution is -0.136. The largest absolute Gasteiger partial charge is 0.445 e. The Hall–Kier alpha value is -3.26. The van der Waals surface area contributed by atoms with E-state index in [4.69, 9.17) is 13.9 Å². The van der Waals surface area contributed by atoms with Crippen LogP contribution in [-0.2, 0) is 29.0 Å². The second-order valence-electron chi connectivity index (χ2n) is 7.82. The van der Waals surface area contributed by atoms with Gasteiger partial charge in [0.15, 0.2) is 0 Å². The Morgan fingerprint density at radius 1 is 1.12 bits per heavy atom. The highest BCUT2D eigenvalue weighted by atomic mass is 32.2. The quantitative estimate of drug-likeness (QED) is 0.301. The first kappa shape index (κ1) is 22.9. The van der Waals surface area contributed by atoms with Crippen LogP contribution in [0.1, 0.15) is 29.5 Å². The molecule has 1 atom stereocenters. The van der Waals surface area contributed by atoms with Gasteiger partial charge in [0, 0.05) is 17.0 Å². The van der Waals surface area contributed by atoms with E-state index in [1.807, 2.05) is 42.7 Å². The molecule has 1 aromatic heterocycles. The van der Waals surface area contributed by atoms with Crippen molar-refractivity contribution < 1.29 is 23.5 Å². The molecule has 1 aliphatic carbocycles. The molecule has 0 saturated heterocycles. The number of nitrogens with one attached hydrogen (secondary N) is 1. The normalized spacial score (nSPS) is 13.4. The lowest BCUT2D eigenvalue weighted by Crippen LogP contribution is -2.43. The van der Waals surface area contributed by atoms with Crippen molar-refractivity contribution in [3.05, 3.63) is 75.6 Å². The smallest absolute Gasteiger partial charge is 0.408 e. The van der Waals surface area contributed by atoms with Crippen LogP contribution < -0.4 is 15.7 Å². The molecule has 0 spiro atoms. The first-order valence-electron chi connectivity index (χ1n) is 10.8. The standard InChI is InChI=1S/C25H25NO6S/c1-33-13-12-21(26-25(29)30-15-16-6-3-2-4-7-16)24(28)31-17-10-11-19-18-8-5-9-20(18)23(27)32-22(19)14-17/h2-4,6-7,10-11,14,21H,5,8-9,12-13,15H2,1H3,(H,26,29)/t21-/m0/s1. The van der Waals surface area contributed by atoms with Crippen molar-refractivity contribution in [3.8, 4) is 5.75 Å². The van der Waals surface area contributed by atoms with E-state index in [-0.39, 0.29) is 18.0 Å². The fraction of sp³-hybridized carbons (Fsp3) is 0.320. The summed E-state index contributed by atoms with van der Waals surface area (Å²) in [7, 11) is 0. The van der Waals surface area contributed by atoms with Crippen LogP contribution in [0.25, 0.3) is 11.0 Å². The minimum absolute atomic E-state index is 0.102. The van der Waals surface area contributed by atoms with E-state index in [0.717, 1.165) is 41.3 Å². The van der Waals surface area contributed by atoms with Gasteiger partial charge in [-0.2, -0.15) is 11.8 Å². The first-order chi connectivity index (χ1) is 16.0. The van der Waals surface area contributed by atoms with E-state index in [2.05, 4.69) is 5.32 Å². The first-order valence-corrected chi connectivity index (χ1v) is 12.2. The summed E-state index contributed by atoms with van der Waals surface area (Å²) in [5.41, 5.74) is 2.66. The number of amides is 1. The van der Waals surface area contributed by atoms with E-state index in [1.165, 1.54) is 0 Å². The Labute approximate surface area is 195 Å². The van der Waals surface area contributed by atoms with Crippen molar-refractivity contribution in [2.45, 2.75) is 38.3 Å². The molecular formula is C25H25NO6S. The summed E-state index contributed by atoms with van der Waals surface area (Å²) in [5, 5.41) is 3.46. The fourth-order valence-electron chi connectivity index (χ4n) is 3.91. The molecular weight excluding hydrogens is 442 g/mol. The predicted molar refractivity (Wildman–Crippen MR) is 127 cm³/mol. The molecule has 0 saturated carbocycles. The van der Waals surface area contributed by atoms with Crippen molar-refractivity contribution in [1.82, 2.24) is 5.32 Å². The van der Waals surface area contributed by atoms with Crippen molar-refractivity contribution in [1.29, 1.82) is 0 Å². The van der Waals surface area contributed by atoms with Gasteiger partial charge in [0.25, 0.3) is 0 Å². The molecule has 33 heavy (non-hydrogen) atoms. The number of carbonyl (C=O) groups excluding carboxylic acids is 2. The van der Waals surface area contributed by atoms with Crippen LogP contribution in [0, 0.1) is 0 Å². The summed E-state index contributed by atoms with van der Waals surface area (Å²) in [6.45, 7) is 0.102. The SMILES string of the molecule is CSCC[C@H](NC(=O)OCc1ccccc1)C(=O)Oc1ccc2c3c(c(=O)oc2c1)CCC3. The van der Waals surface area contributed by atoms with Crippen LogP contribution in [0.4, 0.5) is 4.79 Å². The Balaban J connectivity index is 1.44. The average Bonchev–Trinajstić information content (AvgIpc) is 3.32. The molecule has 1 amide bonds. The molecule has 2 aromatic carbocycles. The summed E-state index contributed by atoms with van der Waals surface area (Å²) in [4.78, 5) is 37.3.